The molecule has 0 saturated carbocycles. The normalized spacial score (nSPS) is 10.1. The summed E-state index contributed by atoms with van der Waals surface area (Å²) in [5, 5.41) is 12.2. The molecule has 0 fully saturated rings. The maximum absolute atomic E-state index is 12.9. The SMILES string of the molecule is Oc1ccc(CNc2cccc(F)c2)cc1. The summed E-state index contributed by atoms with van der Waals surface area (Å²) in [5.41, 5.74) is 1.77. The molecule has 3 heteroatoms. The summed E-state index contributed by atoms with van der Waals surface area (Å²) in [7, 11) is 0. The van der Waals surface area contributed by atoms with E-state index in [0.29, 0.717) is 6.54 Å². The van der Waals surface area contributed by atoms with Crippen LogP contribution in [0.2, 0.25) is 0 Å². The molecule has 0 aromatic heterocycles. The zero-order chi connectivity index (χ0) is 11.4. The third kappa shape index (κ3) is 2.73. The van der Waals surface area contributed by atoms with Crippen LogP contribution in [0.3, 0.4) is 0 Å². The molecule has 0 radical (unpaired) electrons. The molecule has 0 aliphatic carbocycles. The van der Waals surface area contributed by atoms with E-state index in [1.165, 1.54) is 12.1 Å². The largest absolute Gasteiger partial charge is 0.508 e. The van der Waals surface area contributed by atoms with Gasteiger partial charge in [0.25, 0.3) is 0 Å². The van der Waals surface area contributed by atoms with Crippen molar-refractivity contribution in [2.24, 2.45) is 0 Å². The zero-order valence-corrected chi connectivity index (χ0v) is 8.65. The number of aromatic hydroxyl groups is 1. The minimum atomic E-state index is -0.254. The lowest BCUT2D eigenvalue weighted by Crippen LogP contribution is -1.99. The first kappa shape index (κ1) is 10.5. The zero-order valence-electron chi connectivity index (χ0n) is 8.65. The molecule has 0 amide bonds. The van der Waals surface area contributed by atoms with E-state index in [1.807, 2.05) is 18.2 Å². The number of hydrogen-bond acceptors (Lipinski definition) is 2. The maximum Gasteiger partial charge on any atom is 0.125 e. The molecule has 0 unspecified atom stereocenters. The van der Waals surface area contributed by atoms with Crippen LogP contribution in [0.15, 0.2) is 48.5 Å². The number of benzene rings is 2. The summed E-state index contributed by atoms with van der Waals surface area (Å²) < 4.78 is 12.9. The fraction of sp³-hybridized carbons (Fsp3) is 0.0769. The Labute approximate surface area is 93.4 Å². The van der Waals surface area contributed by atoms with Crippen LogP contribution in [-0.4, -0.2) is 5.11 Å². The highest BCUT2D eigenvalue weighted by Crippen LogP contribution is 2.13. The third-order valence-electron chi connectivity index (χ3n) is 2.26. The van der Waals surface area contributed by atoms with Crippen LogP contribution in [0.1, 0.15) is 5.56 Å². The Hall–Kier alpha value is -2.03. The van der Waals surface area contributed by atoms with E-state index >= 15 is 0 Å². The fourth-order valence-electron chi connectivity index (χ4n) is 1.42. The Morgan fingerprint density at radius 1 is 1.06 bits per heavy atom. The van der Waals surface area contributed by atoms with Crippen molar-refractivity contribution < 1.29 is 9.50 Å². The van der Waals surface area contributed by atoms with Gasteiger partial charge in [0.2, 0.25) is 0 Å². The number of rotatable bonds is 3. The predicted octanol–water partition coefficient (Wildman–Crippen LogP) is 3.14. The first-order valence-electron chi connectivity index (χ1n) is 5.01. The molecule has 2 rings (SSSR count). The summed E-state index contributed by atoms with van der Waals surface area (Å²) >= 11 is 0. The van der Waals surface area contributed by atoms with E-state index in [9.17, 15) is 4.39 Å². The third-order valence-corrected chi connectivity index (χ3v) is 2.26. The Kier molecular flexibility index (Phi) is 3.05. The van der Waals surface area contributed by atoms with Crippen molar-refractivity contribution in [2.45, 2.75) is 6.54 Å². The van der Waals surface area contributed by atoms with Gasteiger partial charge in [-0.3, -0.25) is 0 Å². The predicted molar refractivity (Wildman–Crippen MR) is 61.8 cm³/mol. The molecule has 0 atom stereocenters. The lowest BCUT2D eigenvalue weighted by Gasteiger charge is -2.06. The van der Waals surface area contributed by atoms with Crippen LogP contribution in [0.25, 0.3) is 0 Å². The van der Waals surface area contributed by atoms with Gasteiger partial charge in [0.15, 0.2) is 0 Å². The molecule has 0 heterocycles. The standard InChI is InChI=1S/C13H12FNO/c14-11-2-1-3-12(8-11)15-9-10-4-6-13(16)7-5-10/h1-8,15-16H,9H2. The molecule has 0 spiro atoms. The van der Waals surface area contributed by atoms with Crippen LogP contribution in [0.5, 0.6) is 5.75 Å². The van der Waals surface area contributed by atoms with Gasteiger partial charge in [0.1, 0.15) is 11.6 Å². The fourth-order valence-corrected chi connectivity index (χ4v) is 1.42. The minimum absolute atomic E-state index is 0.245. The Morgan fingerprint density at radius 3 is 2.50 bits per heavy atom. The first-order chi connectivity index (χ1) is 7.74. The number of phenols is 1. The lowest BCUT2D eigenvalue weighted by atomic mass is 10.2. The summed E-state index contributed by atoms with van der Waals surface area (Å²) in [4.78, 5) is 0. The van der Waals surface area contributed by atoms with E-state index in [2.05, 4.69) is 5.32 Å². The summed E-state index contributed by atoms with van der Waals surface area (Å²) in [6.45, 7) is 0.601. The van der Waals surface area contributed by atoms with Crippen molar-refractivity contribution in [1.82, 2.24) is 0 Å². The lowest BCUT2D eigenvalue weighted by molar-refractivity contribution is 0.475. The van der Waals surface area contributed by atoms with Gasteiger partial charge in [-0.25, -0.2) is 4.39 Å². The van der Waals surface area contributed by atoms with Crippen LogP contribution < -0.4 is 5.32 Å². The van der Waals surface area contributed by atoms with Gasteiger partial charge in [-0.15, -0.1) is 0 Å². The van der Waals surface area contributed by atoms with Crippen molar-refractivity contribution >= 4 is 5.69 Å². The van der Waals surface area contributed by atoms with E-state index in [0.717, 1.165) is 11.3 Å². The molecule has 16 heavy (non-hydrogen) atoms. The van der Waals surface area contributed by atoms with Crippen molar-refractivity contribution in [3.63, 3.8) is 0 Å². The van der Waals surface area contributed by atoms with Crippen molar-refractivity contribution in [3.8, 4) is 5.75 Å². The highest BCUT2D eigenvalue weighted by Gasteiger charge is 1.96. The molecule has 0 aliphatic rings. The monoisotopic (exact) mass is 217 g/mol. The molecule has 0 saturated heterocycles. The van der Waals surface area contributed by atoms with Gasteiger partial charge >= 0.3 is 0 Å². The Bertz CT molecular complexity index is 468. The van der Waals surface area contributed by atoms with Crippen molar-refractivity contribution in [2.75, 3.05) is 5.32 Å². The van der Waals surface area contributed by atoms with E-state index in [4.69, 9.17) is 5.11 Å². The second kappa shape index (κ2) is 4.66. The molecule has 2 nitrogen and oxygen atoms in total. The average Bonchev–Trinajstić information content (AvgIpc) is 2.28. The van der Waals surface area contributed by atoms with Crippen molar-refractivity contribution in [3.05, 3.63) is 59.9 Å². The van der Waals surface area contributed by atoms with Crippen LogP contribution in [0.4, 0.5) is 10.1 Å². The van der Waals surface area contributed by atoms with Gasteiger partial charge in [0.05, 0.1) is 0 Å². The van der Waals surface area contributed by atoms with Gasteiger partial charge in [-0.2, -0.15) is 0 Å². The van der Waals surface area contributed by atoms with E-state index in [-0.39, 0.29) is 11.6 Å². The number of nitrogens with one attached hydrogen (secondary N) is 1. The first-order valence-corrected chi connectivity index (χ1v) is 5.01. The quantitative estimate of drug-likeness (QED) is 0.827. The van der Waals surface area contributed by atoms with Crippen LogP contribution in [-0.2, 0) is 6.54 Å². The second-order valence-electron chi connectivity index (χ2n) is 3.53. The van der Waals surface area contributed by atoms with Gasteiger partial charge < -0.3 is 10.4 Å². The van der Waals surface area contributed by atoms with E-state index < -0.39 is 0 Å². The van der Waals surface area contributed by atoms with Gasteiger partial charge in [-0.05, 0) is 35.9 Å². The Balaban J connectivity index is 1.99. The van der Waals surface area contributed by atoms with Crippen molar-refractivity contribution in [1.29, 1.82) is 0 Å². The molecular weight excluding hydrogens is 205 g/mol. The summed E-state index contributed by atoms with van der Waals surface area (Å²) in [6.07, 6.45) is 0. The van der Waals surface area contributed by atoms with Gasteiger partial charge in [-0.1, -0.05) is 18.2 Å². The minimum Gasteiger partial charge on any atom is -0.508 e. The smallest absolute Gasteiger partial charge is 0.125 e. The summed E-state index contributed by atoms with van der Waals surface area (Å²) in [6, 6.07) is 13.2. The molecular formula is C13H12FNO. The number of halogens is 1. The Morgan fingerprint density at radius 2 is 1.81 bits per heavy atom. The molecule has 2 N–H and O–H groups in total. The van der Waals surface area contributed by atoms with Crippen LogP contribution in [0, 0.1) is 5.82 Å². The molecule has 2 aromatic carbocycles. The molecule has 0 bridgehead atoms. The molecule has 82 valence electrons. The van der Waals surface area contributed by atoms with Gasteiger partial charge in [0, 0.05) is 12.2 Å². The molecule has 2 aromatic rings. The second-order valence-corrected chi connectivity index (χ2v) is 3.53. The average molecular weight is 217 g/mol. The molecule has 0 aliphatic heterocycles. The topological polar surface area (TPSA) is 32.3 Å². The maximum atomic E-state index is 12.9. The summed E-state index contributed by atoms with van der Waals surface area (Å²) in [5.74, 6) is -0.00906. The highest BCUT2D eigenvalue weighted by atomic mass is 19.1. The van der Waals surface area contributed by atoms with Crippen LogP contribution >= 0.6 is 0 Å². The van der Waals surface area contributed by atoms with E-state index in [1.54, 1.807) is 18.2 Å². The highest BCUT2D eigenvalue weighted by molar-refractivity contribution is 5.43. The number of hydrogen-bond donors (Lipinski definition) is 2. The number of phenolic OH excluding ortho intramolecular Hbond substituents is 1. The number of anilines is 1.